The summed E-state index contributed by atoms with van der Waals surface area (Å²) >= 11 is 1.74. The molecule has 1 atom stereocenters. The van der Waals surface area contributed by atoms with E-state index in [2.05, 4.69) is 41.6 Å². The van der Waals surface area contributed by atoms with Crippen LogP contribution in [0.25, 0.3) is 0 Å². The average molecular weight is 304 g/mol. The van der Waals surface area contributed by atoms with Gasteiger partial charge < -0.3 is 10.2 Å². The molecule has 1 N–H and O–H groups in total. The van der Waals surface area contributed by atoms with E-state index in [0.29, 0.717) is 5.92 Å². The molecule has 0 amide bonds. The minimum absolute atomic E-state index is 0.236. The molecule has 0 radical (unpaired) electrons. The van der Waals surface area contributed by atoms with Crippen molar-refractivity contribution in [3.63, 3.8) is 0 Å². The number of rotatable bonds is 4. The SMILES string of the molecule is COc1cccc(C2CSc3nnc(CC(C)C)n3N2)c1. The van der Waals surface area contributed by atoms with Gasteiger partial charge in [0, 0.05) is 12.2 Å². The van der Waals surface area contributed by atoms with Crippen molar-refractivity contribution < 1.29 is 4.74 Å². The smallest absolute Gasteiger partial charge is 0.210 e. The van der Waals surface area contributed by atoms with Crippen molar-refractivity contribution in [2.45, 2.75) is 31.5 Å². The van der Waals surface area contributed by atoms with E-state index in [0.717, 1.165) is 28.9 Å². The van der Waals surface area contributed by atoms with Crippen LogP contribution in [0.3, 0.4) is 0 Å². The van der Waals surface area contributed by atoms with E-state index >= 15 is 0 Å². The summed E-state index contributed by atoms with van der Waals surface area (Å²) in [5.41, 5.74) is 4.75. The third-order valence-electron chi connectivity index (χ3n) is 3.45. The largest absolute Gasteiger partial charge is 0.497 e. The monoisotopic (exact) mass is 304 g/mol. The van der Waals surface area contributed by atoms with Gasteiger partial charge in [0.25, 0.3) is 0 Å². The van der Waals surface area contributed by atoms with Gasteiger partial charge in [-0.2, -0.15) is 0 Å². The summed E-state index contributed by atoms with van der Waals surface area (Å²) < 4.78 is 7.35. The Balaban J connectivity index is 1.84. The van der Waals surface area contributed by atoms with E-state index in [1.54, 1.807) is 18.9 Å². The molecule has 112 valence electrons. The van der Waals surface area contributed by atoms with Crippen LogP contribution in [-0.2, 0) is 6.42 Å². The van der Waals surface area contributed by atoms with E-state index < -0.39 is 0 Å². The molecule has 6 heteroatoms. The van der Waals surface area contributed by atoms with Crippen molar-refractivity contribution in [3.8, 4) is 5.75 Å². The molecule has 1 aliphatic heterocycles. The van der Waals surface area contributed by atoms with Crippen molar-refractivity contribution in [2.75, 3.05) is 18.3 Å². The van der Waals surface area contributed by atoms with E-state index in [9.17, 15) is 0 Å². The highest BCUT2D eigenvalue weighted by Gasteiger charge is 2.24. The molecule has 3 rings (SSSR count). The first-order valence-corrected chi connectivity index (χ1v) is 8.13. The summed E-state index contributed by atoms with van der Waals surface area (Å²) in [6, 6.07) is 8.43. The number of fused-ring (bicyclic) bond motifs is 1. The first-order chi connectivity index (χ1) is 10.2. The minimum atomic E-state index is 0.236. The molecule has 0 fully saturated rings. The lowest BCUT2D eigenvalue weighted by molar-refractivity contribution is 0.414. The molecule has 1 aliphatic rings. The molecule has 1 aromatic heterocycles. The maximum Gasteiger partial charge on any atom is 0.210 e. The Hall–Kier alpha value is -1.69. The molecule has 2 heterocycles. The lowest BCUT2D eigenvalue weighted by atomic mass is 10.1. The summed E-state index contributed by atoms with van der Waals surface area (Å²) in [5.74, 6) is 3.38. The van der Waals surface area contributed by atoms with E-state index in [4.69, 9.17) is 4.74 Å². The summed E-state index contributed by atoms with van der Waals surface area (Å²) in [7, 11) is 1.70. The van der Waals surface area contributed by atoms with Crippen LogP contribution in [0.15, 0.2) is 29.4 Å². The van der Waals surface area contributed by atoms with Gasteiger partial charge in [-0.3, -0.25) is 0 Å². The molecule has 5 nitrogen and oxygen atoms in total. The summed E-state index contributed by atoms with van der Waals surface area (Å²) in [6.45, 7) is 4.38. The van der Waals surface area contributed by atoms with Crippen LogP contribution in [0.5, 0.6) is 5.75 Å². The maximum atomic E-state index is 5.31. The Morgan fingerprint density at radius 3 is 3.05 bits per heavy atom. The number of methoxy groups -OCH3 is 1. The number of benzene rings is 1. The highest BCUT2D eigenvalue weighted by Crippen LogP contribution is 2.31. The van der Waals surface area contributed by atoms with Crippen LogP contribution in [0.1, 0.15) is 31.3 Å². The molecule has 2 aromatic rings. The normalized spacial score (nSPS) is 17.4. The minimum Gasteiger partial charge on any atom is -0.497 e. The lowest BCUT2D eigenvalue weighted by Crippen LogP contribution is -2.29. The van der Waals surface area contributed by atoms with Gasteiger partial charge in [0.1, 0.15) is 5.75 Å². The van der Waals surface area contributed by atoms with Crippen molar-refractivity contribution in [1.82, 2.24) is 14.9 Å². The average Bonchev–Trinajstić information content (AvgIpc) is 2.89. The molecule has 0 bridgehead atoms. The molecule has 0 saturated heterocycles. The predicted molar refractivity (Wildman–Crippen MR) is 84.4 cm³/mol. The number of aromatic nitrogens is 3. The van der Waals surface area contributed by atoms with Gasteiger partial charge in [-0.1, -0.05) is 37.7 Å². The molecule has 0 saturated carbocycles. The quantitative estimate of drug-likeness (QED) is 0.941. The molecule has 0 aliphatic carbocycles. The third kappa shape index (κ3) is 3.00. The Labute approximate surface area is 129 Å². The van der Waals surface area contributed by atoms with Crippen molar-refractivity contribution in [3.05, 3.63) is 35.7 Å². The van der Waals surface area contributed by atoms with Crippen LogP contribution in [0.4, 0.5) is 0 Å². The van der Waals surface area contributed by atoms with Crippen LogP contribution in [-0.4, -0.2) is 27.7 Å². The van der Waals surface area contributed by atoms with Gasteiger partial charge in [-0.25, -0.2) is 4.68 Å². The van der Waals surface area contributed by atoms with Crippen LogP contribution in [0.2, 0.25) is 0 Å². The van der Waals surface area contributed by atoms with Crippen LogP contribution < -0.4 is 10.2 Å². The van der Waals surface area contributed by atoms with Gasteiger partial charge in [0.2, 0.25) is 5.16 Å². The zero-order chi connectivity index (χ0) is 14.8. The highest BCUT2D eigenvalue weighted by atomic mass is 32.2. The van der Waals surface area contributed by atoms with E-state index in [-0.39, 0.29) is 6.04 Å². The van der Waals surface area contributed by atoms with Crippen LogP contribution in [0, 0.1) is 5.92 Å². The number of hydrogen-bond acceptors (Lipinski definition) is 5. The predicted octanol–water partition coefficient (Wildman–Crippen LogP) is 2.88. The first-order valence-electron chi connectivity index (χ1n) is 7.15. The van der Waals surface area contributed by atoms with Gasteiger partial charge in [-0.15, -0.1) is 10.2 Å². The maximum absolute atomic E-state index is 5.31. The fraction of sp³-hybridized carbons (Fsp3) is 0.467. The molecule has 1 aromatic carbocycles. The number of ether oxygens (including phenoxy) is 1. The van der Waals surface area contributed by atoms with E-state index in [1.165, 1.54) is 5.56 Å². The molecule has 21 heavy (non-hydrogen) atoms. The molecular weight excluding hydrogens is 284 g/mol. The van der Waals surface area contributed by atoms with Gasteiger partial charge >= 0.3 is 0 Å². The fourth-order valence-corrected chi connectivity index (χ4v) is 3.37. The van der Waals surface area contributed by atoms with Crippen LogP contribution >= 0.6 is 11.8 Å². The zero-order valence-electron chi connectivity index (χ0n) is 12.5. The number of thioether (sulfide) groups is 1. The Bertz CT molecular complexity index is 626. The van der Waals surface area contributed by atoms with Gasteiger partial charge in [0.15, 0.2) is 5.82 Å². The summed E-state index contributed by atoms with van der Waals surface area (Å²) in [4.78, 5) is 0. The fourth-order valence-electron chi connectivity index (χ4n) is 2.40. The zero-order valence-corrected chi connectivity index (χ0v) is 13.4. The lowest BCUT2D eigenvalue weighted by Gasteiger charge is -2.27. The summed E-state index contributed by atoms with van der Waals surface area (Å²) in [5, 5.41) is 9.51. The topological polar surface area (TPSA) is 52.0 Å². The van der Waals surface area contributed by atoms with Crippen molar-refractivity contribution in [1.29, 1.82) is 0 Å². The highest BCUT2D eigenvalue weighted by molar-refractivity contribution is 7.99. The number of nitrogens with zero attached hydrogens (tertiary/aromatic N) is 3. The van der Waals surface area contributed by atoms with E-state index in [1.807, 2.05) is 16.8 Å². The Morgan fingerprint density at radius 1 is 1.43 bits per heavy atom. The van der Waals surface area contributed by atoms with Gasteiger partial charge in [-0.05, 0) is 23.6 Å². The third-order valence-corrected chi connectivity index (χ3v) is 4.47. The van der Waals surface area contributed by atoms with Crippen molar-refractivity contribution in [2.24, 2.45) is 5.92 Å². The first kappa shape index (κ1) is 14.3. The molecule has 1 unspecified atom stereocenters. The second-order valence-corrected chi connectivity index (χ2v) is 6.59. The standard InChI is InChI=1S/C15H20N4OS/c1-10(2)7-14-16-17-15-19(14)18-13(9-21-15)11-5-4-6-12(8-11)20-3/h4-6,8,10,13,18H,7,9H2,1-3H3. The molecular formula is C15H20N4OS. The molecule has 0 spiro atoms. The Morgan fingerprint density at radius 2 is 2.29 bits per heavy atom. The second-order valence-electron chi connectivity index (χ2n) is 5.60. The van der Waals surface area contributed by atoms with Crippen molar-refractivity contribution >= 4 is 11.8 Å². The Kier molecular flexibility index (Phi) is 4.05. The number of hydrogen-bond donors (Lipinski definition) is 1. The second kappa shape index (κ2) is 5.97. The summed E-state index contributed by atoms with van der Waals surface area (Å²) in [6.07, 6.45) is 0.922. The van der Waals surface area contributed by atoms with Gasteiger partial charge in [0.05, 0.1) is 13.2 Å². The number of nitrogens with one attached hydrogen (secondary N) is 1.